The van der Waals surface area contributed by atoms with Crippen molar-refractivity contribution in [3.8, 4) is 5.75 Å². The van der Waals surface area contributed by atoms with E-state index in [9.17, 15) is 18.7 Å². The third kappa shape index (κ3) is 6.69. The van der Waals surface area contributed by atoms with Gasteiger partial charge < -0.3 is 25.8 Å². The quantitative estimate of drug-likeness (QED) is 0.206. The van der Waals surface area contributed by atoms with Gasteiger partial charge in [-0.05, 0) is 43.0 Å². The minimum atomic E-state index is -1.12. The summed E-state index contributed by atoms with van der Waals surface area (Å²) in [5.41, 5.74) is 1.04. The van der Waals surface area contributed by atoms with E-state index in [1.54, 1.807) is 6.20 Å². The van der Waals surface area contributed by atoms with Gasteiger partial charge in [0.15, 0.2) is 11.6 Å². The molecule has 0 radical (unpaired) electrons. The molecule has 1 fully saturated rings. The van der Waals surface area contributed by atoms with Crippen molar-refractivity contribution in [2.75, 3.05) is 30.4 Å². The number of fused-ring (bicyclic) bond motifs is 1. The number of aliphatic hydroxyl groups is 1. The second-order valence-corrected chi connectivity index (χ2v) is 9.74. The van der Waals surface area contributed by atoms with E-state index in [1.165, 1.54) is 42.2 Å². The van der Waals surface area contributed by atoms with Crippen LogP contribution in [0.1, 0.15) is 25.7 Å². The fourth-order valence-corrected chi connectivity index (χ4v) is 4.92. The lowest BCUT2D eigenvalue weighted by molar-refractivity contribution is -0.116. The number of hydrogen-bond acceptors (Lipinski definition) is 8. The molecule has 2 aromatic heterocycles. The standard InChI is InChI=1S/C28H31F2N7O3/c29-22-5-3-7-24(27(22)30)36-26(39)15-37-14-19(13-34-37)35-28-21-9-8-20(12-25(21)32-17-33-28)40-11-10-31-23-6-2-1-4-18(23)16-38/h3,5,7-9,12-14,17-18,23,31,38H,1-2,4,6,10-11,15-16H2,(H,36,39)(H,32,33,35)/t18-,23+/m0/s1. The Bertz CT molecular complexity index is 1470. The first kappa shape index (κ1) is 27.4. The average molecular weight is 552 g/mol. The summed E-state index contributed by atoms with van der Waals surface area (Å²) in [7, 11) is 0. The molecule has 10 nitrogen and oxygen atoms in total. The maximum Gasteiger partial charge on any atom is 0.246 e. The highest BCUT2D eigenvalue weighted by Crippen LogP contribution is 2.27. The lowest BCUT2D eigenvalue weighted by atomic mass is 9.85. The summed E-state index contributed by atoms with van der Waals surface area (Å²) in [6, 6.07) is 9.47. The van der Waals surface area contributed by atoms with E-state index in [2.05, 4.69) is 31.0 Å². The average Bonchev–Trinajstić information content (AvgIpc) is 3.40. The molecule has 4 N–H and O–H groups in total. The Morgan fingerprint density at radius 3 is 2.90 bits per heavy atom. The summed E-state index contributed by atoms with van der Waals surface area (Å²) in [4.78, 5) is 21.0. The van der Waals surface area contributed by atoms with Crippen LogP contribution in [-0.4, -0.2) is 56.6 Å². The van der Waals surface area contributed by atoms with E-state index in [0.717, 1.165) is 24.3 Å². The van der Waals surface area contributed by atoms with Gasteiger partial charge in [-0.25, -0.2) is 18.7 Å². The van der Waals surface area contributed by atoms with Gasteiger partial charge >= 0.3 is 0 Å². The summed E-state index contributed by atoms with van der Waals surface area (Å²) < 4.78 is 34.5. The summed E-state index contributed by atoms with van der Waals surface area (Å²) in [6.07, 6.45) is 9.08. The lowest BCUT2D eigenvalue weighted by Gasteiger charge is -2.31. The van der Waals surface area contributed by atoms with Crippen molar-refractivity contribution in [3.63, 3.8) is 0 Å². The van der Waals surface area contributed by atoms with Gasteiger partial charge in [0, 0.05) is 36.8 Å². The minimum Gasteiger partial charge on any atom is -0.492 e. The Morgan fingerprint density at radius 1 is 1.15 bits per heavy atom. The number of carbonyl (C=O) groups excluding carboxylic acids is 1. The van der Waals surface area contributed by atoms with Crippen LogP contribution in [-0.2, 0) is 11.3 Å². The van der Waals surface area contributed by atoms with Crippen LogP contribution in [0.2, 0.25) is 0 Å². The number of hydrogen-bond donors (Lipinski definition) is 4. The van der Waals surface area contributed by atoms with Gasteiger partial charge in [-0.1, -0.05) is 18.9 Å². The number of nitrogens with one attached hydrogen (secondary N) is 3. The smallest absolute Gasteiger partial charge is 0.246 e. The molecule has 2 heterocycles. The summed E-state index contributed by atoms with van der Waals surface area (Å²) >= 11 is 0. The van der Waals surface area contributed by atoms with Crippen LogP contribution in [0.25, 0.3) is 10.9 Å². The molecule has 1 aliphatic carbocycles. The van der Waals surface area contributed by atoms with E-state index in [1.807, 2.05) is 18.2 Å². The van der Waals surface area contributed by atoms with Crippen molar-refractivity contribution >= 4 is 34.0 Å². The molecular formula is C28H31F2N7O3. The molecule has 1 saturated carbocycles. The second-order valence-electron chi connectivity index (χ2n) is 9.74. The molecule has 0 unspecified atom stereocenters. The molecule has 12 heteroatoms. The zero-order valence-electron chi connectivity index (χ0n) is 21.8. The van der Waals surface area contributed by atoms with Gasteiger partial charge in [0.25, 0.3) is 0 Å². The topological polar surface area (TPSA) is 126 Å². The molecule has 0 spiro atoms. The van der Waals surface area contributed by atoms with E-state index >= 15 is 0 Å². The van der Waals surface area contributed by atoms with Crippen LogP contribution in [0.5, 0.6) is 5.75 Å². The Kier molecular flexibility index (Phi) is 8.77. The van der Waals surface area contributed by atoms with Crippen molar-refractivity contribution in [3.05, 3.63) is 66.8 Å². The molecular weight excluding hydrogens is 520 g/mol. The number of amides is 1. The minimum absolute atomic E-state index is 0.195. The Balaban J connectivity index is 1.16. The van der Waals surface area contributed by atoms with Crippen LogP contribution < -0.4 is 20.7 Å². The van der Waals surface area contributed by atoms with Crippen molar-refractivity contribution in [1.29, 1.82) is 0 Å². The van der Waals surface area contributed by atoms with E-state index in [0.29, 0.717) is 47.9 Å². The zero-order chi connectivity index (χ0) is 27.9. The lowest BCUT2D eigenvalue weighted by Crippen LogP contribution is -2.41. The van der Waals surface area contributed by atoms with Crippen LogP contribution >= 0.6 is 0 Å². The van der Waals surface area contributed by atoms with Gasteiger partial charge in [-0.2, -0.15) is 5.10 Å². The van der Waals surface area contributed by atoms with E-state index in [4.69, 9.17) is 4.74 Å². The third-order valence-corrected chi connectivity index (χ3v) is 6.96. The molecule has 210 valence electrons. The Labute approximate surface area is 229 Å². The number of ether oxygens (including phenoxy) is 1. The largest absolute Gasteiger partial charge is 0.492 e. The normalized spacial score (nSPS) is 17.1. The van der Waals surface area contributed by atoms with Crippen molar-refractivity contribution in [2.45, 2.75) is 38.3 Å². The summed E-state index contributed by atoms with van der Waals surface area (Å²) in [5.74, 6) is -1.16. The molecule has 5 rings (SSSR count). The predicted molar refractivity (Wildman–Crippen MR) is 146 cm³/mol. The maximum atomic E-state index is 13.8. The van der Waals surface area contributed by atoms with Crippen LogP contribution in [0.3, 0.4) is 0 Å². The van der Waals surface area contributed by atoms with E-state index in [-0.39, 0.29) is 18.8 Å². The first-order chi connectivity index (χ1) is 19.5. The zero-order valence-corrected chi connectivity index (χ0v) is 21.8. The molecule has 1 amide bonds. The highest BCUT2D eigenvalue weighted by Gasteiger charge is 2.23. The fraction of sp³-hybridized carbons (Fsp3) is 0.357. The van der Waals surface area contributed by atoms with Crippen molar-refractivity contribution in [2.24, 2.45) is 5.92 Å². The molecule has 0 bridgehead atoms. The van der Waals surface area contributed by atoms with Crippen LogP contribution in [0, 0.1) is 17.6 Å². The third-order valence-electron chi connectivity index (χ3n) is 6.96. The predicted octanol–water partition coefficient (Wildman–Crippen LogP) is 4.01. The first-order valence-corrected chi connectivity index (χ1v) is 13.3. The Morgan fingerprint density at radius 2 is 2.02 bits per heavy atom. The van der Waals surface area contributed by atoms with Crippen LogP contribution in [0.4, 0.5) is 26.0 Å². The number of anilines is 3. The molecule has 40 heavy (non-hydrogen) atoms. The van der Waals surface area contributed by atoms with Gasteiger partial charge in [0.1, 0.15) is 31.0 Å². The highest BCUT2D eigenvalue weighted by atomic mass is 19.2. The summed E-state index contributed by atoms with van der Waals surface area (Å²) in [6.45, 7) is 1.20. The number of rotatable bonds is 11. The SMILES string of the molecule is O=C(Cn1cc(Nc2ncnc3cc(OCCN[C@@H]4CCCC[C@H]4CO)ccc23)cn1)Nc1cccc(F)c1F. The fourth-order valence-electron chi connectivity index (χ4n) is 4.92. The van der Waals surface area contributed by atoms with Gasteiger partial charge in [0.2, 0.25) is 5.91 Å². The maximum absolute atomic E-state index is 13.8. The van der Waals surface area contributed by atoms with Crippen molar-refractivity contribution < 1.29 is 23.4 Å². The van der Waals surface area contributed by atoms with Gasteiger partial charge in [-0.3, -0.25) is 9.48 Å². The number of aliphatic hydroxyl groups excluding tert-OH is 1. The van der Waals surface area contributed by atoms with Crippen LogP contribution in [0.15, 0.2) is 55.1 Å². The van der Waals surface area contributed by atoms with Crippen molar-refractivity contribution in [1.82, 2.24) is 25.1 Å². The molecule has 0 saturated heterocycles. The number of carbonyl (C=O) groups is 1. The van der Waals surface area contributed by atoms with Gasteiger partial charge in [0.05, 0.1) is 23.1 Å². The number of halogens is 2. The Hall–Kier alpha value is -4.16. The molecule has 2 aromatic carbocycles. The molecule has 0 aliphatic heterocycles. The van der Waals surface area contributed by atoms with E-state index < -0.39 is 17.5 Å². The molecule has 4 aromatic rings. The second kappa shape index (κ2) is 12.8. The monoisotopic (exact) mass is 551 g/mol. The highest BCUT2D eigenvalue weighted by molar-refractivity contribution is 5.92. The number of benzene rings is 2. The molecule has 1 aliphatic rings. The first-order valence-electron chi connectivity index (χ1n) is 13.3. The molecule has 2 atom stereocenters. The number of aromatic nitrogens is 4. The summed E-state index contributed by atoms with van der Waals surface area (Å²) in [5, 5.41) is 23.5. The van der Waals surface area contributed by atoms with Gasteiger partial charge in [-0.15, -0.1) is 0 Å². The number of nitrogens with zero attached hydrogens (tertiary/aromatic N) is 4.